The first-order valence-corrected chi connectivity index (χ1v) is 7.32. The number of aryl methyl sites for hydroxylation is 1. The third-order valence-corrected chi connectivity index (χ3v) is 4.23. The fourth-order valence-corrected chi connectivity index (χ4v) is 2.91. The van der Waals surface area contributed by atoms with Crippen molar-refractivity contribution in [1.29, 1.82) is 0 Å². The van der Waals surface area contributed by atoms with Crippen LogP contribution in [0.2, 0.25) is 0 Å². The molecule has 0 saturated heterocycles. The standard InChI is InChI=1S/C16H26N2/c1-3-14-6-4-5-7-16(14)18-12-13-8-10-15(17-2)11-9-13/h4-7,13,15,17-18H,3,8-12H2,1-2H3. The van der Waals surface area contributed by atoms with Crippen LogP contribution < -0.4 is 10.6 Å². The van der Waals surface area contributed by atoms with Crippen LogP contribution in [0.4, 0.5) is 5.69 Å². The van der Waals surface area contributed by atoms with E-state index in [0.717, 1.165) is 24.9 Å². The topological polar surface area (TPSA) is 24.1 Å². The van der Waals surface area contributed by atoms with Gasteiger partial charge in [0.1, 0.15) is 0 Å². The van der Waals surface area contributed by atoms with Gasteiger partial charge in [0.25, 0.3) is 0 Å². The summed E-state index contributed by atoms with van der Waals surface area (Å²) < 4.78 is 0. The second-order valence-electron chi connectivity index (χ2n) is 5.40. The molecule has 2 N–H and O–H groups in total. The van der Waals surface area contributed by atoms with Gasteiger partial charge in [-0.3, -0.25) is 0 Å². The highest BCUT2D eigenvalue weighted by Crippen LogP contribution is 2.25. The zero-order chi connectivity index (χ0) is 12.8. The first-order valence-electron chi connectivity index (χ1n) is 7.32. The van der Waals surface area contributed by atoms with Crippen LogP contribution in [0.1, 0.15) is 38.2 Å². The SMILES string of the molecule is CCc1ccccc1NCC1CCC(NC)CC1. The number of benzene rings is 1. The summed E-state index contributed by atoms with van der Waals surface area (Å²) in [6, 6.07) is 9.43. The molecule has 1 aliphatic rings. The van der Waals surface area contributed by atoms with Gasteiger partial charge < -0.3 is 10.6 Å². The predicted octanol–water partition coefficient (Wildman–Crippen LogP) is 3.44. The van der Waals surface area contributed by atoms with Gasteiger partial charge in [-0.1, -0.05) is 25.1 Å². The van der Waals surface area contributed by atoms with Gasteiger partial charge in [0.05, 0.1) is 0 Å². The Kier molecular flexibility index (Phi) is 5.06. The lowest BCUT2D eigenvalue weighted by Crippen LogP contribution is -2.32. The fraction of sp³-hybridized carbons (Fsp3) is 0.625. The summed E-state index contributed by atoms with van der Waals surface area (Å²) in [7, 11) is 2.08. The van der Waals surface area contributed by atoms with E-state index in [1.165, 1.54) is 36.9 Å². The maximum absolute atomic E-state index is 3.65. The summed E-state index contributed by atoms with van der Waals surface area (Å²) in [4.78, 5) is 0. The van der Waals surface area contributed by atoms with E-state index < -0.39 is 0 Å². The van der Waals surface area contributed by atoms with Crippen molar-refractivity contribution in [2.45, 2.75) is 45.1 Å². The zero-order valence-electron chi connectivity index (χ0n) is 11.7. The Hall–Kier alpha value is -1.02. The van der Waals surface area contributed by atoms with E-state index in [1.807, 2.05) is 0 Å². The highest BCUT2D eigenvalue weighted by Gasteiger charge is 2.19. The number of para-hydroxylation sites is 1. The molecule has 0 amide bonds. The number of nitrogens with one attached hydrogen (secondary N) is 2. The minimum absolute atomic E-state index is 0.754. The van der Waals surface area contributed by atoms with Crippen molar-refractivity contribution in [2.75, 3.05) is 18.9 Å². The summed E-state index contributed by atoms with van der Waals surface area (Å²) in [5.74, 6) is 0.847. The van der Waals surface area contributed by atoms with E-state index >= 15 is 0 Å². The zero-order valence-corrected chi connectivity index (χ0v) is 11.7. The van der Waals surface area contributed by atoms with Crippen LogP contribution in [0.25, 0.3) is 0 Å². The first-order chi connectivity index (χ1) is 8.83. The van der Waals surface area contributed by atoms with Gasteiger partial charge in [0, 0.05) is 18.3 Å². The lowest BCUT2D eigenvalue weighted by atomic mass is 9.86. The molecule has 1 saturated carbocycles. The first kappa shape index (κ1) is 13.4. The van der Waals surface area contributed by atoms with Gasteiger partial charge in [-0.15, -0.1) is 0 Å². The minimum atomic E-state index is 0.754. The van der Waals surface area contributed by atoms with Crippen molar-refractivity contribution in [2.24, 2.45) is 5.92 Å². The molecule has 0 spiro atoms. The molecule has 0 bridgehead atoms. The summed E-state index contributed by atoms with van der Waals surface area (Å²) in [5.41, 5.74) is 2.76. The van der Waals surface area contributed by atoms with E-state index in [2.05, 4.69) is 48.9 Å². The predicted molar refractivity (Wildman–Crippen MR) is 79.1 cm³/mol. The molecule has 18 heavy (non-hydrogen) atoms. The van der Waals surface area contributed by atoms with Crippen LogP contribution in [0.15, 0.2) is 24.3 Å². The Morgan fingerprint density at radius 3 is 2.50 bits per heavy atom. The molecule has 0 aromatic heterocycles. The Morgan fingerprint density at radius 1 is 1.11 bits per heavy atom. The third kappa shape index (κ3) is 3.49. The molecule has 1 aliphatic carbocycles. The highest BCUT2D eigenvalue weighted by molar-refractivity contribution is 5.51. The van der Waals surface area contributed by atoms with E-state index in [4.69, 9.17) is 0 Å². The van der Waals surface area contributed by atoms with Gasteiger partial charge in [0.15, 0.2) is 0 Å². The molecule has 0 heterocycles. The lowest BCUT2D eigenvalue weighted by molar-refractivity contribution is 0.312. The quantitative estimate of drug-likeness (QED) is 0.831. The lowest BCUT2D eigenvalue weighted by Gasteiger charge is -2.28. The van der Waals surface area contributed by atoms with E-state index in [-0.39, 0.29) is 0 Å². The van der Waals surface area contributed by atoms with E-state index in [9.17, 15) is 0 Å². The molecule has 2 rings (SSSR count). The molecule has 1 fully saturated rings. The molecule has 100 valence electrons. The molecule has 0 atom stereocenters. The van der Waals surface area contributed by atoms with E-state index in [0.29, 0.717) is 0 Å². The Morgan fingerprint density at radius 2 is 1.83 bits per heavy atom. The second kappa shape index (κ2) is 6.79. The van der Waals surface area contributed by atoms with Crippen LogP contribution in [0.5, 0.6) is 0 Å². The molecule has 2 nitrogen and oxygen atoms in total. The van der Waals surface area contributed by atoms with Crippen molar-refractivity contribution in [3.05, 3.63) is 29.8 Å². The second-order valence-corrected chi connectivity index (χ2v) is 5.40. The van der Waals surface area contributed by atoms with Crippen molar-refractivity contribution < 1.29 is 0 Å². The van der Waals surface area contributed by atoms with Crippen molar-refractivity contribution >= 4 is 5.69 Å². The molecule has 2 heteroatoms. The van der Waals surface area contributed by atoms with Crippen molar-refractivity contribution in [1.82, 2.24) is 5.32 Å². The highest BCUT2D eigenvalue weighted by atomic mass is 14.9. The molecular formula is C16H26N2. The van der Waals surface area contributed by atoms with Gasteiger partial charge in [0.2, 0.25) is 0 Å². The maximum atomic E-state index is 3.65. The Bertz CT molecular complexity index is 354. The number of anilines is 1. The minimum Gasteiger partial charge on any atom is -0.385 e. The molecule has 1 aromatic carbocycles. The van der Waals surface area contributed by atoms with Crippen LogP contribution >= 0.6 is 0 Å². The van der Waals surface area contributed by atoms with Crippen LogP contribution in [0.3, 0.4) is 0 Å². The maximum Gasteiger partial charge on any atom is 0.0372 e. The van der Waals surface area contributed by atoms with Gasteiger partial charge in [-0.2, -0.15) is 0 Å². The number of rotatable bonds is 5. The molecule has 0 radical (unpaired) electrons. The number of hydrogen-bond acceptors (Lipinski definition) is 2. The Labute approximate surface area is 111 Å². The summed E-state index contributed by atoms with van der Waals surface area (Å²) >= 11 is 0. The van der Waals surface area contributed by atoms with Crippen molar-refractivity contribution in [3.8, 4) is 0 Å². The van der Waals surface area contributed by atoms with Gasteiger partial charge in [-0.05, 0) is 56.7 Å². The fourth-order valence-electron chi connectivity index (χ4n) is 2.91. The summed E-state index contributed by atoms with van der Waals surface area (Å²) in [6.07, 6.45) is 6.48. The van der Waals surface area contributed by atoms with Crippen LogP contribution in [0, 0.1) is 5.92 Å². The molecule has 1 aromatic rings. The van der Waals surface area contributed by atoms with Crippen LogP contribution in [-0.4, -0.2) is 19.6 Å². The largest absolute Gasteiger partial charge is 0.385 e. The summed E-state index contributed by atoms with van der Waals surface area (Å²) in [5, 5.41) is 7.04. The molecule has 0 aliphatic heterocycles. The average Bonchev–Trinajstić information content (AvgIpc) is 2.46. The van der Waals surface area contributed by atoms with Crippen molar-refractivity contribution in [3.63, 3.8) is 0 Å². The molecular weight excluding hydrogens is 220 g/mol. The van der Waals surface area contributed by atoms with E-state index in [1.54, 1.807) is 0 Å². The third-order valence-electron chi connectivity index (χ3n) is 4.23. The molecule has 0 unspecified atom stereocenters. The normalized spacial score (nSPS) is 23.9. The van der Waals surface area contributed by atoms with Gasteiger partial charge >= 0.3 is 0 Å². The summed E-state index contributed by atoms with van der Waals surface area (Å²) in [6.45, 7) is 3.35. The number of hydrogen-bond donors (Lipinski definition) is 2. The smallest absolute Gasteiger partial charge is 0.0372 e. The Balaban J connectivity index is 1.81. The average molecular weight is 246 g/mol. The van der Waals surface area contributed by atoms with Crippen LogP contribution in [-0.2, 0) is 6.42 Å². The van der Waals surface area contributed by atoms with Gasteiger partial charge in [-0.25, -0.2) is 0 Å². The monoisotopic (exact) mass is 246 g/mol.